The quantitative estimate of drug-likeness (QED) is 0.665. The molecule has 0 spiro atoms. The van der Waals surface area contributed by atoms with E-state index in [0.717, 1.165) is 16.9 Å². The minimum Gasteiger partial charge on any atom is -0.493 e. The van der Waals surface area contributed by atoms with Crippen LogP contribution in [0, 0.1) is 0 Å². The number of rotatable bonds is 7. The van der Waals surface area contributed by atoms with E-state index in [2.05, 4.69) is 15.3 Å². The van der Waals surface area contributed by atoms with Gasteiger partial charge < -0.3 is 20.5 Å². The van der Waals surface area contributed by atoms with E-state index in [1.807, 2.05) is 10.5 Å². The summed E-state index contributed by atoms with van der Waals surface area (Å²) in [5.74, 6) is 1.06. The molecule has 1 amide bonds. The number of ether oxygens (including phenoxy) is 2. The Balaban J connectivity index is 1.61. The van der Waals surface area contributed by atoms with Crippen molar-refractivity contribution in [3.8, 4) is 11.5 Å². The molecule has 0 radical (unpaired) electrons. The van der Waals surface area contributed by atoms with Crippen molar-refractivity contribution < 1.29 is 14.3 Å². The summed E-state index contributed by atoms with van der Waals surface area (Å²) in [6.45, 7) is 0.364. The SMILES string of the molecule is COc1ccc([C@H](N)CC(=O)NCc2cnc3cnccn23)cc1OC. The van der Waals surface area contributed by atoms with E-state index in [1.54, 1.807) is 51.1 Å². The van der Waals surface area contributed by atoms with Crippen LogP contribution < -0.4 is 20.5 Å². The van der Waals surface area contributed by atoms with Gasteiger partial charge in [0, 0.05) is 24.9 Å². The number of imidazole rings is 1. The fourth-order valence-corrected chi connectivity index (χ4v) is 2.69. The van der Waals surface area contributed by atoms with E-state index < -0.39 is 6.04 Å². The topological polar surface area (TPSA) is 104 Å². The molecule has 0 aliphatic heterocycles. The zero-order valence-corrected chi connectivity index (χ0v) is 14.7. The summed E-state index contributed by atoms with van der Waals surface area (Å²) >= 11 is 0. The minimum atomic E-state index is -0.443. The van der Waals surface area contributed by atoms with E-state index in [1.165, 1.54) is 0 Å². The highest BCUT2D eigenvalue weighted by atomic mass is 16.5. The first-order chi connectivity index (χ1) is 12.6. The van der Waals surface area contributed by atoms with Crippen LogP contribution in [0.3, 0.4) is 0 Å². The number of aromatic nitrogens is 3. The van der Waals surface area contributed by atoms with Gasteiger partial charge in [-0.3, -0.25) is 14.2 Å². The highest BCUT2D eigenvalue weighted by Gasteiger charge is 2.15. The van der Waals surface area contributed by atoms with Gasteiger partial charge in [-0.05, 0) is 17.7 Å². The zero-order chi connectivity index (χ0) is 18.5. The van der Waals surface area contributed by atoms with Crippen LogP contribution in [0.5, 0.6) is 11.5 Å². The number of amides is 1. The largest absolute Gasteiger partial charge is 0.493 e. The zero-order valence-electron chi connectivity index (χ0n) is 14.7. The molecule has 26 heavy (non-hydrogen) atoms. The minimum absolute atomic E-state index is 0.142. The van der Waals surface area contributed by atoms with Crippen molar-refractivity contribution in [1.29, 1.82) is 0 Å². The maximum absolute atomic E-state index is 12.2. The highest BCUT2D eigenvalue weighted by Crippen LogP contribution is 2.30. The summed E-state index contributed by atoms with van der Waals surface area (Å²) in [6.07, 6.45) is 7.02. The number of nitrogens with two attached hydrogens (primary N) is 1. The van der Waals surface area contributed by atoms with Crippen molar-refractivity contribution in [1.82, 2.24) is 19.7 Å². The van der Waals surface area contributed by atoms with Gasteiger partial charge in [-0.1, -0.05) is 6.07 Å². The molecule has 0 aliphatic carbocycles. The van der Waals surface area contributed by atoms with Crippen molar-refractivity contribution in [2.24, 2.45) is 5.73 Å². The van der Waals surface area contributed by atoms with Gasteiger partial charge in [0.1, 0.15) is 0 Å². The Hall–Kier alpha value is -3.13. The number of hydrogen-bond acceptors (Lipinski definition) is 6. The molecule has 0 saturated carbocycles. The molecule has 0 fully saturated rings. The summed E-state index contributed by atoms with van der Waals surface area (Å²) in [5, 5.41) is 2.87. The predicted molar refractivity (Wildman–Crippen MR) is 95.9 cm³/mol. The third-order valence-electron chi connectivity index (χ3n) is 4.10. The first-order valence-electron chi connectivity index (χ1n) is 8.12. The summed E-state index contributed by atoms with van der Waals surface area (Å²) in [6, 6.07) is 4.95. The number of methoxy groups -OCH3 is 2. The molecule has 0 saturated heterocycles. The van der Waals surface area contributed by atoms with E-state index in [4.69, 9.17) is 15.2 Å². The number of nitrogens with one attached hydrogen (secondary N) is 1. The monoisotopic (exact) mass is 355 g/mol. The maximum atomic E-state index is 12.2. The molecule has 0 bridgehead atoms. The van der Waals surface area contributed by atoms with Crippen LogP contribution in [0.2, 0.25) is 0 Å². The average molecular weight is 355 g/mol. The number of fused-ring (bicyclic) bond motifs is 1. The molecule has 1 atom stereocenters. The fourth-order valence-electron chi connectivity index (χ4n) is 2.69. The normalized spacial score (nSPS) is 12.0. The van der Waals surface area contributed by atoms with E-state index >= 15 is 0 Å². The van der Waals surface area contributed by atoms with Gasteiger partial charge in [-0.2, -0.15) is 0 Å². The van der Waals surface area contributed by atoms with Gasteiger partial charge in [-0.25, -0.2) is 4.98 Å². The Morgan fingerprint density at radius 2 is 2.08 bits per heavy atom. The molecule has 3 N–H and O–H groups in total. The Morgan fingerprint density at radius 3 is 2.85 bits per heavy atom. The van der Waals surface area contributed by atoms with E-state index in [0.29, 0.717) is 18.0 Å². The Kier molecular flexibility index (Phi) is 5.33. The standard InChI is InChI=1S/C18H21N5O3/c1-25-15-4-3-12(7-16(15)26-2)14(19)8-18(24)22-10-13-9-21-17-11-20-5-6-23(13)17/h3-7,9,11,14H,8,10,19H2,1-2H3,(H,22,24)/t14-/m1/s1. The molecule has 3 rings (SSSR count). The third-order valence-corrected chi connectivity index (χ3v) is 4.10. The lowest BCUT2D eigenvalue weighted by atomic mass is 10.0. The molecular formula is C18H21N5O3. The molecule has 2 aromatic heterocycles. The number of benzene rings is 1. The summed E-state index contributed by atoms with van der Waals surface area (Å²) in [7, 11) is 3.13. The van der Waals surface area contributed by atoms with Crippen LogP contribution in [0.25, 0.3) is 5.65 Å². The molecule has 1 aromatic carbocycles. The van der Waals surface area contributed by atoms with Crippen LogP contribution in [-0.4, -0.2) is 34.5 Å². The van der Waals surface area contributed by atoms with Crippen molar-refractivity contribution >= 4 is 11.6 Å². The second-order valence-electron chi connectivity index (χ2n) is 5.76. The van der Waals surface area contributed by atoms with Crippen LogP contribution in [-0.2, 0) is 11.3 Å². The van der Waals surface area contributed by atoms with Crippen molar-refractivity contribution in [3.05, 3.63) is 54.2 Å². The van der Waals surface area contributed by atoms with Gasteiger partial charge in [-0.15, -0.1) is 0 Å². The molecular weight excluding hydrogens is 334 g/mol. The number of hydrogen-bond donors (Lipinski definition) is 2. The number of nitrogens with zero attached hydrogens (tertiary/aromatic N) is 3. The van der Waals surface area contributed by atoms with Gasteiger partial charge in [0.25, 0.3) is 0 Å². The van der Waals surface area contributed by atoms with Gasteiger partial charge in [0.2, 0.25) is 5.91 Å². The maximum Gasteiger partial charge on any atom is 0.222 e. The Labute approximate surface area is 151 Å². The summed E-state index contributed by atoms with van der Waals surface area (Å²) in [5.41, 5.74) is 8.58. The van der Waals surface area contributed by atoms with E-state index in [9.17, 15) is 4.79 Å². The Bertz CT molecular complexity index is 909. The lowest BCUT2D eigenvalue weighted by Crippen LogP contribution is -2.27. The van der Waals surface area contributed by atoms with Crippen molar-refractivity contribution in [3.63, 3.8) is 0 Å². The van der Waals surface area contributed by atoms with Crippen LogP contribution in [0.15, 0.2) is 43.0 Å². The second kappa shape index (κ2) is 7.83. The summed E-state index contributed by atoms with van der Waals surface area (Å²) in [4.78, 5) is 20.5. The van der Waals surface area contributed by atoms with Gasteiger partial charge in [0.15, 0.2) is 17.1 Å². The lowest BCUT2D eigenvalue weighted by molar-refractivity contribution is -0.121. The van der Waals surface area contributed by atoms with Crippen LogP contribution in [0.1, 0.15) is 23.7 Å². The van der Waals surface area contributed by atoms with Gasteiger partial charge >= 0.3 is 0 Å². The number of carbonyl (C=O) groups excluding carboxylic acids is 1. The molecule has 0 unspecified atom stereocenters. The Morgan fingerprint density at radius 1 is 1.27 bits per heavy atom. The van der Waals surface area contributed by atoms with Crippen LogP contribution in [0.4, 0.5) is 0 Å². The molecule has 3 aromatic rings. The molecule has 0 aliphatic rings. The highest BCUT2D eigenvalue weighted by molar-refractivity contribution is 5.76. The number of carbonyl (C=O) groups is 1. The first-order valence-corrected chi connectivity index (χ1v) is 8.12. The van der Waals surface area contributed by atoms with Crippen LogP contribution >= 0.6 is 0 Å². The molecule has 2 heterocycles. The van der Waals surface area contributed by atoms with Crippen molar-refractivity contribution in [2.75, 3.05) is 14.2 Å². The van der Waals surface area contributed by atoms with Gasteiger partial charge in [0.05, 0.1) is 38.9 Å². The molecule has 8 nitrogen and oxygen atoms in total. The molecule has 136 valence electrons. The van der Waals surface area contributed by atoms with Crippen molar-refractivity contribution in [2.45, 2.75) is 19.0 Å². The lowest BCUT2D eigenvalue weighted by Gasteiger charge is -2.15. The molecule has 8 heteroatoms. The summed E-state index contributed by atoms with van der Waals surface area (Å²) < 4.78 is 12.4. The predicted octanol–water partition coefficient (Wildman–Crippen LogP) is 1.45. The fraction of sp³-hybridized carbons (Fsp3) is 0.278. The third kappa shape index (κ3) is 3.75. The average Bonchev–Trinajstić information content (AvgIpc) is 3.09. The van der Waals surface area contributed by atoms with E-state index in [-0.39, 0.29) is 12.3 Å². The second-order valence-corrected chi connectivity index (χ2v) is 5.76. The first kappa shape index (κ1) is 17.7. The smallest absolute Gasteiger partial charge is 0.222 e.